The zero-order valence-electron chi connectivity index (χ0n) is 12.9. The first-order valence-electron chi connectivity index (χ1n) is 7.88. The van der Waals surface area contributed by atoms with Gasteiger partial charge >= 0.3 is 0 Å². The fraction of sp³-hybridized carbons (Fsp3) is 1.00. The third kappa shape index (κ3) is 5.27. The van der Waals surface area contributed by atoms with Crippen LogP contribution in [0.25, 0.3) is 0 Å². The van der Waals surface area contributed by atoms with E-state index in [1.54, 1.807) is 0 Å². The molecule has 0 bridgehead atoms. The van der Waals surface area contributed by atoms with Gasteiger partial charge in [-0.1, -0.05) is 20.8 Å². The van der Waals surface area contributed by atoms with Crippen molar-refractivity contribution < 1.29 is 4.74 Å². The molecule has 0 heterocycles. The number of ether oxygens (including phenoxy) is 1. The molecule has 0 aliphatic heterocycles. The third-order valence-electron chi connectivity index (χ3n) is 4.70. The van der Waals surface area contributed by atoms with Gasteiger partial charge in [-0.2, -0.15) is 0 Å². The van der Waals surface area contributed by atoms with E-state index in [1.807, 2.05) is 7.11 Å². The topological polar surface area (TPSA) is 21.3 Å². The van der Waals surface area contributed by atoms with Crippen LogP contribution in [0.5, 0.6) is 0 Å². The minimum Gasteiger partial charge on any atom is -0.385 e. The van der Waals surface area contributed by atoms with Crippen LogP contribution in [0.2, 0.25) is 0 Å². The summed E-state index contributed by atoms with van der Waals surface area (Å²) in [6.45, 7) is 10.2. The highest BCUT2D eigenvalue weighted by molar-refractivity contribution is 4.82. The Morgan fingerprint density at radius 2 is 2.00 bits per heavy atom. The summed E-state index contributed by atoms with van der Waals surface area (Å²) in [5.74, 6) is 3.63. The summed E-state index contributed by atoms with van der Waals surface area (Å²) in [6.07, 6.45) is 6.89. The normalized spacial score (nSPS) is 28.8. The highest BCUT2D eigenvalue weighted by Crippen LogP contribution is 2.39. The monoisotopic (exact) mass is 255 g/mol. The van der Waals surface area contributed by atoms with Crippen molar-refractivity contribution in [2.45, 2.75) is 52.9 Å². The van der Waals surface area contributed by atoms with Gasteiger partial charge in [0.15, 0.2) is 0 Å². The minimum absolute atomic E-state index is 0.856. The van der Waals surface area contributed by atoms with Crippen molar-refractivity contribution in [3.8, 4) is 0 Å². The van der Waals surface area contributed by atoms with Crippen molar-refractivity contribution >= 4 is 0 Å². The molecule has 2 nitrogen and oxygen atoms in total. The van der Waals surface area contributed by atoms with Crippen molar-refractivity contribution in [3.63, 3.8) is 0 Å². The van der Waals surface area contributed by atoms with E-state index in [-0.39, 0.29) is 0 Å². The Kier molecular flexibility index (Phi) is 7.92. The molecule has 0 saturated heterocycles. The van der Waals surface area contributed by atoms with Gasteiger partial charge in [0.2, 0.25) is 0 Å². The smallest absolute Gasteiger partial charge is 0.0462 e. The number of hydrogen-bond acceptors (Lipinski definition) is 2. The second-order valence-electron chi connectivity index (χ2n) is 6.28. The zero-order valence-corrected chi connectivity index (χ0v) is 12.9. The maximum atomic E-state index is 5.21. The summed E-state index contributed by atoms with van der Waals surface area (Å²) in [6, 6.07) is 0. The minimum atomic E-state index is 0.856. The van der Waals surface area contributed by atoms with Gasteiger partial charge in [0, 0.05) is 13.7 Å². The molecule has 108 valence electrons. The van der Waals surface area contributed by atoms with Gasteiger partial charge in [-0.3, -0.25) is 0 Å². The molecule has 0 amide bonds. The first-order chi connectivity index (χ1) is 8.69. The van der Waals surface area contributed by atoms with Gasteiger partial charge in [-0.25, -0.2) is 0 Å². The van der Waals surface area contributed by atoms with Crippen molar-refractivity contribution in [2.75, 3.05) is 26.8 Å². The van der Waals surface area contributed by atoms with Crippen molar-refractivity contribution in [1.82, 2.24) is 5.32 Å². The Bertz CT molecular complexity index is 205. The summed E-state index contributed by atoms with van der Waals surface area (Å²) in [5, 5.41) is 3.55. The molecule has 18 heavy (non-hydrogen) atoms. The molecule has 0 aromatic carbocycles. The van der Waals surface area contributed by atoms with E-state index >= 15 is 0 Å². The third-order valence-corrected chi connectivity index (χ3v) is 4.70. The lowest BCUT2D eigenvalue weighted by atomic mass is 9.69. The molecule has 2 heteroatoms. The van der Waals surface area contributed by atoms with Gasteiger partial charge in [0.1, 0.15) is 0 Å². The van der Waals surface area contributed by atoms with Crippen LogP contribution in [0, 0.1) is 23.7 Å². The molecule has 3 atom stereocenters. The quantitative estimate of drug-likeness (QED) is 0.668. The number of nitrogens with one attached hydrogen (secondary N) is 1. The van der Waals surface area contributed by atoms with Crippen molar-refractivity contribution in [3.05, 3.63) is 0 Å². The summed E-state index contributed by atoms with van der Waals surface area (Å²) in [5.41, 5.74) is 0. The lowest BCUT2D eigenvalue weighted by molar-refractivity contribution is 0.121. The van der Waals surface area contributed by atoms with Gasteiger partial charge in [0.05, 0.1) is 0 Å². The summed E-state index contributed by atoms with van der Waals surface area (Å²) >= 11 is 0. The average Bonchev–Trinajstić information content (AvgIpc) is 2.37. The van der Waals surface area contributed by atoms with Gasteiger partial charge in [-0.05, 0) is 68.9 Å². The van der Waals surface area contributed by atoms with Gasteiger partial charge in [0.25, 0.3) is 0 Å². The Morgan fingerprint density at radius 1 is 1.22 bits per heavy atom. The fourth-order valence-corrected chi connectivity index (χ4v) is 3.41. The fourth-order valence-electron chi connectivity index (χ4n) is 3.41. The highest BCUT2D eigenvalue weighted by atomic mass is 16.5. The van der Waals surface area contributed by atoms with E-state index < -0.39 is 0 Å². The average molecular weight is 255 g/mol. The van der Waals surface area contributed by atoms with Crippen LogP contribution in [0.15, 0.2) is 0 Å². The Balaban J connectivity index is 2.44. The summed E-state index contributed by atoms with van der Waals surface area (Å²) in [4.78, 5) is 0. The molecule has 1 aliphatic carbocycles. The first-order valence-corrected chi connectivity index (χ1v) is 7.88. The molecule has 1 saturated carbocycles. The van der Waals surface area contributed by atoms with Crippen LogP contribution < -0.4 is 5.32 Å². The summed E-state index contributed by atoms with van der Waals surface area (Å²) in [7, 11) is 1.81. The molecule has 1 rings (SSSR count). The van der Waals surface area contributed by atoms with E-state index in [1.165, 1.54) is 38.6 Å². The SMILES string of the molecule is CCNCC1CCC(C(C)C)CC1CCCOC. The molecule has 0 aromatic heterocycles. The molecule has 1 aliphatic rings. The molecule has 1 fully saturated rings. The van der Waals surface area contributed by atoms with Crippen LogP contribution in [-0.2, 0) is 4.74 Å². The number of methoxy groups -OCH3 is 1. The van der Waals surface area contributed by atoms with Crippen LogP contribution in [0.1, 0.15) is 52.9 Å². The van der Waals surface area contributed by atoms with Crippen LogP contribution in [-0.4, -0.2) is 26.8 Å². The number of hydrogen-bond donors (Lipinski definition) is 1. The van der Waals surface area contributed by atoms with E-state index in [0.717, 1.165) is 36.8 Å². The highest BCUT2D eigenvalue weighted by Gasteiger charge is 2.30. The Morgan fingerprint density at radius 3 is 2.61 bits per heavy atom. The van der Waals surface area contributed by atoms with Gasteiger partial charge < -0.3 is 10.1 Å². The van der Waals surface area contributed by atoms with Gasteiger partial charge in [-0.15, -0.1) is 0 Å². The molecule has 0 spiro atoms. The van der Waals surface area contributed by atoms with Crippen molar-refractivity contribution in [1.29, 1.82) is 0 Å². The molecule has 0 aromatic rings. The first kappa shape index (κ1) is 16.0. The molecular formula is C16H33NO. The predicted molar refractivity (Wildman–Crippen MR) is 78.8 cm³/mol. The van der Waals surface area contributed by atoms with E-state index in [9.17, 15) is 0 Å². The molecule has 1 N–H and O–H groups in total. The second kappa shape index (κ2) is 8.92. The maximum Gasteiger partial charge on any atom is 0.0462 e. The Labute approximate surface area is 114 Å². The Hall–Kier alpha value is -0.0800. The van der Waals surface area contributed by atoms with E-state index in [4.69, 9.17) is 4.74 Å². The lowest BCUT2D eigenvalue weighted by Gasteiger charge is -2.38. The van der Waals surface area contributed by atoms with Crippen molar-refractivity contribution in [2.24, 2.45) is 23.7 Å². The van der Waals surface area contributed by atoms with Crippen LogP contribution in [0.4, 0.5) is 0 Å². The molecular weight excluding hydrogens is 222 g/mol. The van der Waals surface area contributed by atoms with Crippen LogP contribution in [0.3, 0.4) is 0 Å². The largest absolute Gasteiger partial charge is 0.385 e. The summed E-state index contributed by atoms with van der Waals surface area (Å²) < 4.78 is 5.21. The van der Waals surface area contributed by atoms with Crippen LogP contribution >= 0.6 is 0 Å². The molecule has 3 unspecified atom stereocenters. The lowest BCUT2D eigenvalue weighted by Crippen LogP contribution is -2.34. The van der Waals surface area contributed by atoms with E-state index in [0.29, 0.717) is 0 Å². The predicted octanol–water partition coefficient (Wildman–Crippen LogP) is 3.71. The standard InChI is InChI=1S/C16H33NO/c1-5-17-12-16-9-8-14(13(2)3)11-15(16)7-6-10-18-4/h13-17H,5-12H2,1-4H3. The number of rotatable bonds is 8. The zero-order chi connectivity index (χ0) is 13.4. The van der Waals surface area contributed by atoms with E-state index in [2.05, 4.69) is 26.1 Å². The molecule has 0 radical (unpaired) electrons. The maximum absolute atomic E-state index is 5.21. The second-order valence-corrected chi connectivity index (χ2v) is 6.28.